The molecule has 4 nitrogen and oxygen atoms in total. The minimum atomic E-state index is -4.36. The smallest absolute Gasteiger partial charge is 0.416 e. The van der Waals surface area contributed by atoms with E-state index in [0.717, 1.165) is 47.8 Å². The third-order valence-electron chi connectivity index (χ3n) is 6.84. The van der Waals surface area contributed by atoms with Crippen molar-refractivity contribution in [1.82, 2.24) is 4.57 Å². The maximum atomic E-state index is 13.4. The SMILES string of the molecule is COC(=O)C1CN(c2cccc(-n3cc(CC4CCC4)c4cc(C(F)(F)F)ccc43)c2)C1. The molecule has 0 radical (unpaired) electrons. The number of hydrogen-bond donors (Lipinski definition) is 0. The summed E-state index contributed by atoms with van der Waals surface area (Å²) in [6.07, 6.45) is 1.90. The Labute approximate surface area is 184 Å². The summed E-state index contributed by atoms with van der Waals surface area (Å²) in [6.45, 7) is 1.20. The molecule has 2 heterocycles. The quantitative estimate of drug-likeness (QED) is 0.483. The molecule has 1 saturated heterocycles. The first kappa shape index (κ1) is 20.9. The number of rotatable bonds is 5. The Morgan fingerprint density at radius 3 is 2.50 bits per heavy atom. The maximum Gasteiger partial charge on any atom is 0.416 e. The van der Waals surface area contributed by atoms with Crippen LogP contribution in [-0.4, -0.2) is 30.7 Å². The minimum absolute atomic E-state index is 0.120. The fourth-order valence-electron chi connectivity index (χ4n) is 4.70. The zero-order chi connectivity index (χ0) is 22.5. The zero-order valence-corrected chi connectivity index (χ0v) is 17.9. The number of halogens is 3. The van der Waals surface area contributed by atoms with Crippen LogP contribution in [0.3, 0.4) is 0 Å². The molecule has 1 saturated carbocycles. The number of ether oxygens (including phenoxy) is 1. The van der Waals surface area contributed by atoms with E-state index in [9.17, 15) is 18.0 Å². The molecular formula is C25H25F3N2O2. The van der Waals surface area contributed by atoms with E-state index in [-0.39, 0.29) is 11.9 Å². The Bertz CT molecular complexity index is 1160. The third kappa shape index (κ3) is 3.74. The van der Waals surface area contributed by atoms with Gasteiger partial charge in [-0.2, -0.15) is 13.2 Å². The molecule has 2 aliphatic rings. The lowest BCUT2D eigenvalue weighted by Gasteiger charge is -2.39. The van der Waals surface area contributed by atoms with Gasteiger partial charge in [-0.15, -0.1) is 0 Å². The number of fused-ring (bicyclic) bond motifs is 1. The highest BCUT2D eigenvalue weighted by atomic mass is 19.4. The van der Waals surface area contributed by atoms with Gasteiger partial charge in [0.15, 0.2) is 0 Å². The number of alkyl halides is 3. The number of hydrogen-bond acceptors (Lipinski definition) is 3. The summed E-state index contributed by atoms with van der Waals surface area (Å²) >= 11 is 0. The molecule has 2 fully saturated rings. The predicted octanol–water partition coefficient (Wildman–Crippen LogP) is 5.60. The molecule has 1 aromatic heterocycles. The van der Waals surface area contributed by atoms with Crippen molar-refractivity contribution in [3.05, 3.63) is 59.8 Å². The maximum absolute atomic E-state index is 13.4. The van der Waals surface area contributed by atoms with Crippen LogP contribution < -0.4 is 4.90 Å². The van der Waals surface area contributed by atoms with Crippen LogP contribution in [0.1, 0.15) is 30.4 Å². The van der Waals surface area contributed by atoms with E-state index in [1.165, 1.54) is 19.6 Å². The van der Waals surface area contributed by atoms with Crippen LogP contribution in [0.2, 0.25) is 0 Å². The molecule has 7 heteroatoms. The van der Waals surface area contributed by atoms with Crippen molar-refractivity contribution in [3.8, 4) is 5.69 Å². The molecule has 2 aromatic carbocycles. The highest BCUT2D eigenvalue weighted by molar-refractivity contribution is 5.87. The normalized spacial score (nSPS) is 17.3. The predicted molar refractivity (Wildman–Crippen MR) is 117 cm³/mol. The number of carbonyl (C=O) groups excluding carboxylic acids is 1. The molecule has 0 spiro atoms. The summed E-state index contributed by atoms with van der Waals surface area (Å²) < 4.78 is 46.9. The first-order valence-electron chi connectivity index (χ1n) is 11.0. The summed E-state index contributed by atoms with van der Waals surface area (Å²) in [6, 6.07) is 11.9. The van der Waals surface area contributed by atoms with Gasteiger partial charge in [0, 0.05) is 36.0 Å². The standard InChI is InChI=1S/C25H25F3N2O2/c1-32-24(31)18-13-29(14-18)20-6-3-7-21(12-20)30-15-17(10-16-4-2-5-16)22-11-19(25(26,27)28)8-9-23(22)30/h3,6-9,11-12,15-16,18H,2,4-5,10,13-14H2,1H3. The van der Waals surface area contributed by atoms with Gasteiger partial charge in [-0.1, -0.05) is 25.3 Å². The van der Waals surface area contributed by atoms with E-state index in [1.54, 1.807) is 6.07 Å². The van der Waals surface area contributed by atoms with Crippen molar-refractivity contribution in [1.29, 1.82) is 0 Å². The van der Waals surface area contributed by atoms with Crippen molar-refractivity contribution in [2.75, 3.05) is 25.1 Å². The number of aromatic nitrogens is 1. The summed E-state index contributed by atoms with van der Waals surface area (Å²) in [4.78, 5) is 13.8. The van der Waals surface area contributed by atoms with E-state index in [0.29, 0.717) is 24.4 Å². The Balaban J connectivity index is 1.50. The van der Waals surface area contributed by atoms with Gasteiger partial charge in [-0.25, -0.2) is 0 Å². The van der Waals surface area contributed by atoms with Crippen LogP contribution in [0.15, 0.2) is 48.7 Å². The van der Waals surface area contributed by atoms with Crippen LogP contribution in [0.4, 0.5) is 18.9 Å². The van der Waals surface area contributed by atoms with E-state index < -0.39 is 11.7 Å². The average molecular weight is 442 g/mol. The van der Waals surface area contributed by atoms with Gasteiger partial charge in [-0.05, 0) is 54.3 Å². The average Bonchev–Trinajstić information content (AvgIpc) is 3.07. The zero-order valence-electron chi connectivity index (χ0n) is 17.9. The van der Waals surface area contributed by atoms with Crippen LogP contribution in [0.25, 0.3) is 16.6 Å². The summed E-state index contributed by atoms with van der Waals surface area (Å²) in [7, 11) is 1.40. The monoisotopic (exact) mass is 442 g/mol. The Kier molecular flexibility index (Phi) is 5.14. The van der Waals surface area contributed by atoms with E-state index in [2.05, 4.69) is 4.90 Å². The van der Waals surface area contributed by atoms with Crippen molar-refractivity contribution in [2.24, 2.45) is 11.8 Å². The molecule has 5 rings (SSSR count). The minimum Gasteiger partial charge on any atom is -0.469 e. The second-order valence-corrected chi connectivity index (χ2v) is 8.90. The number of benzene rings is 2. The third-order valence-corrected chi connectivity index (χ3v) is 6.84. The van der Waals surface area contributed by atoms with E-state index in [4.69, 9.17) is 4.74 Å². The lowest BCUT2D eigenvalue weighted by molar-refractivity contribution is -0.146. The van der Waals surface area contributed by atoms with Crippen LogP contribution in [-0.2, 0) is 22.1 Å². The molecule has 0 atom stereocenters. The highest BCUT2D eigenvalue weighted by Crippen LogP contribution is 2.38. The first-order chi connectivity index (χ1) is 15.3. The van der Waals surface area contributed by atoms with E-state index in [1.807, 2.05) is 35.0 Å². The fourth-order valence-corrected chi connectivity index (χ4v) is 4.70. The van der Waals surface area contributed by atoms with Gasteiger partial charge in [0.05, 0.1) is 24.1 Å². The van der Waals surface area contributed by atoms with Crippen LogP contribution in [0, 0.1) is 11.8 Å². The van der Waals surface area contributed by atoms with Crippen molar-refractivity contribution < 1.29 is 22.7 Å². The summed E-state index contributed by atoms with van der Waals surface area (Å²) in [5.41, 5.74) is 3.02. The summed E-state index contributed by atoms with van der Waals surface area (Å²) in [5.74, 6) is 0.229. The van der Waals surface area contributed by atoms with Gasteiger partial charge in [0.25, 0.3) is 0 Å². The number of methoxy groups -OCH3 is 1. The Hall–Kier alpha value is -2.96. The molecule has 0 bridgehead atoms. The molecule has 1 aliphatic carbocycles. The lowest BCUT2D eigenvalue weighted by atomic mass is 9.81. The van der Waals surface area contributed by atoms with Crippen LogP contribution in [0.5, 0.6) is 0 Å². The van der Waals surface area contributed by atoms with Gasteiger partial charge in [-0.3, -0.25) is 4.79 Å². The second kappa shape index (κ2) is 7.87. The van der Waals surface area contributed by atoms with Crippen molar-refractivity contribution >= 4 is 22.6 Å². The molecule has 1 aliphatic heterocycles. The van der Waals surface area contributed by atoms with Gasteiger partial charge >= 0.3 is 12.1 Å². The number of nitrogens with zero attached hydrogens (tertiary/aromatic N) is 2. The number of esters is 1. The van der Waals surface area contributed by atoms with Crippen molar-refractivity contribution in [3.63, 3.8) is 0 Å². The van der Waals surface area contributed by atoms with E-state index >= 15 is 0 Å². The molecule has 32 heavy (non-hydrogen) atoms. The molecule has 0 amide bonds. The number of carbonyl (C=O) groups is 1. The van der Waals surface area contributed by atoms with Gasteiger partial charge in [0.1, 0.15) is 0 Å². The largest absolute Gasteiger partial charge is 0.469 e. The Morgan fingerprint density at radius 2 is 1.84 bits per heavy atom. The number of anilines is 1. The molecule has 3 aromatic rings. The molecule has 0 N–H and O–H groups in total. The van der Waals surface area contributed by atoms with Gasteiger partial charge < -0.3 is 14.2 Å². The van der Waals surface area contributed by atoms with Crippen molar-refractivity contribution in [2.45, 2.75) is 31.9 Å². The Morgan fingerprint density at radius 1 is 1.09 bits per heavy atom. The molecule has 0 unspecified atom stereocenters. The second-order valence-electron chi connectivity index (χ2n) is 8.90. The fraction of sp³-hybridized carbons (Fsp3) is 0.400. The van der Waals surface area contributed by atoms with Gasteiger partial charge in [0.2, 0.25) is 0 Å². The molecule has 168 valence electrons. The lowest BCUT2D eigenvalue weighted by Crippen LogP contribution is -2.50. The topological polar surface area (TPSA) is 34.5 Å². The van der Waals surface area contributed by atoms with Crippen LogP contribution >= 0.6 is 0 Å². The first-order valence-corrected chi connectivity index (χ1v) is 11.0. The highest BCUT2D eigenvalue weighted by Gasteiger charge is 2.34. The molecular weight excluding hydrogens is 417 g/mol. The summed E-state index contributed by atoms with van der Waals surface area (Å²) in [5, 5.41) is 0.673.